The number of piperazine rings is 1. The molecule has 178 valence electrons. The van der Waals surface area contributed by atoms with Crippen molar-refractivity contribution < 1.29 is 9.18 Å². The molecule has 3 heterocycles. The number of thioether (sulfide) groups is 1. The molecule has 1 aliphatic rings. The van der Waals surface area contributed by atoms with Crippen molar-refractivity contribution in [3.05, 3.63) is 88.6 Å². The Morgan fingerprint density at radius 3 is 2.54 bits per heavy atom. The Balaban J connectivity index is 1.36. The minimum Gasteiger partial charge on any atom is -0.353 e. The fraction of sp³-hybridized carbons (Fsp3) is 0.231. The number of amides is 1. The summed E-state index contributed by atoms with van der Waals surface area (Å²) in [6, 6.07) is 17.5. The summed E-state index contributed by atoms with van der Waals surface area (Å²) in [7, 11) is 0. The number of rotatable bonds is 5. The van der Waals surface area contributed by atoms with E-state index in [2.05, 4.69) is 14.9 Å². The summed E-state index contributed by atoms with van der Waals surface area (Å²) in [4.78, 5) is 39.4. The van der Waals surface area contributed by atoms with Crippen LogP contribution in [0.3, 0.4) is 0 Å². The van der Waals surface area contributed by atoms with Gasteiger partial charge in [0.15, 0.2) is 5.16 Å². The average Bonchev–Trinajstić information content (AvgIpc) is 2.90. The predicted molar refractivity (Wildman–Crippen MR) is 136 cm³/mol. The van der Waals surface area contributed by atoms with Crippen LogP contribution in [0.15, 0.2) is 76.8 Å². The molecule has 1 saturated heterocycles. The van der Waals surface area contributed by atoms with E-state index in [-0.39, 0.29) is 17.2 Å². The largest absolute Gasteiger partial charge is 0.353 e. The molecular formula is C26H24FN5O2S. The molecule has 7 nitrogen and oxygen atoms in total. The Morgan fingerprint density at radius 2 is 1.80 bits per heavy atom. The minimum absolute atomic E-state index is 0.0280. The summed E-state index contributed by atoms with van der Waals surface area (Å²) in [6.45, 7) is 4.26. The summed E-state index contributed by atoms with van der Waals surface area (Å²) in [5.74, 6) is 0.603. The lowest BCUT2D eigenvalue weighted by Crippen LogP contribution is -2.49. The lowest BCUT2D eigenvalue weighted by atomic mass is 10.2. The molecule has 1 aliphatic heterocycles. The van der Waals surface area contributed by atoms with Crippen molar-refractivity contribution in [2.24, 2.45) is 0 Å². The molecule has 2 aromatic heterocycles. The molecule has 0 atom stereocenters. The minimum atomic E-state index is -0.402. The number of aromatic nitrogens is 3. The third-order valence-corrected chi connectivity index (χ3v) is 7.01. The van der Waals surface area contributed by atoms with Gasteiger partial charge in [-0.2, -0.15) is 0 Å². The number of halogens is 1. The molecule has 4 aromatic rings. The van der Waals surface area contributed by atoms with Crippen LogP contribution in [0.1, 0.15) is 5.56 Å². The Bertz CT molecular complexity index is 1440. The van der Waals surface area contributed by atoms with Crippen molar-refractivity contribution in [2.75, 3.05) is 36.8 Å². The van der Waals surface area contributed by atoms with E-state index in [1.54, 1.807) is 43.5 Å². The zero-order valence-corrected chi connectivity index (χ0v) is 20.0. The number of hydrogen-bond acceptors (Lipinski definition) is 6. The number of benzene rings is 2. The lowest BCUT2D eigenvalue weighted by molar-refractivity contribution is -0.128. The maximum Gasteiger partial charge on any atom is 0.266 e. The van der Waals surface area contributed by atoms with Crippen molar-refractivity contribution in [1.29, 1.82) is 0 Å². The molecule has 0 unspecified atom stereocenters. The number of carbonyl (C=O) groups is 1. The summed E-state index contributed by atoms with van der Waals surface area (Å²) in [5, 5.41) is 0.798. The predicted octanol–water partition coefficient (Wildman–Crippen LogP) is 3.67. The number of pyridine rings is 1. The van der Waals surface area contributed by atoms with E-state index >= 15 is 0 Å². The van der Waals surface area contributed by atoms with Gasteiger partial charge >= 0.3 is 0 Å². The van der Waals surface area contributed by atoms with E-state index in [1.165, 1.54) is 22.4 Å². The topological polar surface area (TPSA) is 71.3 Å². The molecule has 0 bridgehead atoms. The van der Waals surface area contributed by atoms with Crippen LogP contribution in [0.25, 0.3) is 16.6 Å². The first-order valence-corrected chi connectivity index (χ1v) is 12.3. The van der Waals surface area contributed by atoms with Gasteiger partial charge in [0, 0.05) is 32.4 Å². The molecule has 0 aliphatic carbocycles. The van der Waals surface area contributed by atoms with Crippen molar-refractivity contribution >= 4 is 34.4 Å². The summed E-state index contributed by atoms with van der Waals surface area (Å²) < 4.78 is 15.7. The smallest absolute Gasteiger partial charge is 0.266 e. The number of fused-ring (bicyclic) bond motifs is 1. The van der Waals surface area contributed by atoms with Crippen molar-refractivity contribution in [3.8, 4) is 5.69 Å². The van der Waals surface area contributed by atoms with E-state index in [4.69, 9.17) is 0 Å². The average molecular weight is 490 g/mol. The van der Waals surface area contributed by atoms with Crippen LogP contribution in [-0.2, 0) is 4.79 Å². The molecule has 0 N–H and O–H groups in total. The zero-order chi connectivity index (χ0) is 24.4. The van der Waals surface area contributed by atoms with Crippen LogP contribution in [0.2, 0.25) is 0 Å². The SMILES string of the molecule is Cc1ccc(-n2c(SCC(=O)N3CCN(c4ccccn4)CC3)nc3ccccc3c2=O)cc1F. The van der Waals surface area contributed by atoms with Gasteiger partial charge in [-0.3, -0.25) is 14.2 Å². The van der Waals surface area contributed by atoms with Gasteiger partial charge in [-0.15, -0.1) is 0 Å². The Morgan fingerprint density at radius 1 is 1.03 bits per heavy atom. The van der Waals surface area contributed by atoms with Crippen molar-refractivity contribution in [3.63, 3.8) is 0 Å². The monoisotopic (exact) mass is 489 g/mol. The standard InChI is InChI=1S/C26H24FN5O2S/c1-18-9-10-19(16-21(18)27)32-25(34)20-6-2-3-7-22(20)29-26(32)35-17-24(33)31-14-12-30(13-15-31)23-8-4-5-11-28-23/h2-11,16H,12-15,17H2,1H3. The molecule has 9 heteroatoms. The first kappa shape index (κ1) is 23.0. The highest BCUT2D eigenvalue weighted by Crippen LogP contribution is 2.23. The van der Waals surface area contributed by atoms with Gasteiger partial charge in [0.25, 0.3) is 5.56 Å². The van der Waals surface area contributed by atoms with Crippen molar-refractivity contribution in [2.45, 2.75) is 12.1 Å². The molecule has 1 amide bonds. The van der Waals surface area contributed by atoms with Gasteiger partial charge < -0.3 is 9.80 Å². The van der Waals surface area contributed by atoms with Crippen LogP contribution < -0.4 is 10.5 Å². The van der Waals surface area contributed by atoms with Crippen LogP contribution in [0, 0.1) is 12.7 Å². The van der Waals surface area contributed by atoms with Gasteiger partial charge in [0.1, 0.15) is 11.6 Å². The van der Waals surface area contributed by atoms with Gasteiger partial charge in [0.05, 0.1) is 22.3 Å². The summed E-state index contributed by atoms with van der Waals surface area (Å²) >= 11 is 1.19. The normalized spacial score (nSPS) is 13.9. The van der Waals surface area contributed by atoms with Gasteiger partial charge in [-0.1, -0.05) is 36.0 Å². The number of carbonyl (C=O) groups excluding carboxylic acids is 1. The third-order valence-electron chi connectivity index (χ3n) is 6.09. The summed E-state index contributed by atoms with van der Waals surface area (Å²) in [6.07, 6.45) is 1.76. The molecule has 0 radical (unpaired) electrons. The first-order valence-electron chi connectivity index (χ1n) is 11.4. The summed E-state index contributed by atoms with van der Waals surface area (Å²) in [5.41, 5.74) is 1.12. The number of para-hydroxylation sites is 1. The Labute approximate surface area is 206 Å². The van der Waals surface area contributed by atoms with E-state index < -0.39 is 5.82 Å². The van der Waals surface area contributed by atoms with E-state index in [1.807, 2.05) is 29.2 Å². The van der Waals surface area contributed by atoms with Crippen LogP contribution in [0.5, 0.6) is 0 Å². The van der Waals surface area contributed by atoms with E-state index in [9.17, 15) is 14.0 Å². The highest BCUT2D eigenvalue weighted by atomic mass is 32.2. The van der Waals surface area contributed by atoms with Gasteiger partial charge in [-0.05, 0) is 48.9 Å². The molecule has 0 saturated carbocycles. The van der Waals surface area contributed by atoms with Crippen LogP contribution in [-0.4, -0.2) is 57.3 Å². The molecule has 35 heavy (non-hydrogen) atoms. The molecule has 1 fully saturated rings. The fourth-order valence-electron chi connectivity index (χ4n) is 4.10. The Hall–Kier alpha value is -3.72. The first-order chi connectivity index (χ1) is 17.0. The molecule has 2 aromatic carbocycles. The molecular weight excluding hydrogens is 465 g/mol. The number of hydrogen-bond donors (Lipinski definition) is 0. The van der Waals surface area contributed by atoms with Gasteiger partial charge in [0.2, 0.25) is 5.91 Å². The lowest BCUT2D eigenvalue weighted by Gasteiger charge is -2.35. The van der Waals surface area contributed by atoms with Crippen LogP contribution >= 0.6 is 11.8 Å². The molecule has 5 rings (SSSR count). The number of aryl methyl sites for hydroxylation is 1. The molecule has 0 spiro atoms. The second-order valence-corrected chi connectivity index (χ2v) is 9.27. The van der Waals surface area contributed by atoms with E-state index in [0.29, 0.717) is 53.5 Å². The quantitative estimate of drug-likeness (QED) is 0.315. The number of anilines is 1. The van der Waals surface area contributed by atoms with Gasteiger partial charge in [-0.25, -0.2) is 14.4 Å². The Kier molecular flexibility index (Phi) is 6.50. The zero-order valence-electron chi connectivity index (χ0n) is 19.2. The maximum absolute atomic E-state index is 14.3. The third kappa shape index (κ3) is 4.77. The highest BCUT2D eigenvalue weighted by Gasteiger charge is 2.23. The second kappa shape index (κ2) is 9.87. The van der Waals surface area contributed by atoms with Crippen molar-refractivity contribution in [1.82, 2.24) is 19.4 Å². The van der Waals surface area contributed by atoms with E-state index in [0.717, 1.165) is 5.82 Å². The highest BCUT2D eigenvalue weighted by molar-refractivity contribution is 7.99. The number of nitrogens with zero attached hydrogens (tertiary/aromatic N) is 5. The fourth-order valence-corrected chi connectivity index (χ4v) is 5.02. The maximum atomic E-state index is 14.3. The van der Waals surface area contributed by atoms with Crippen LogP contribution in [0.4, 0.5) is 10.2 Å². The second-order valence-electron chi connectivity index (χ2n) is 8.33.